The second kappa shape index (κ2) is 10.4. The topological polar surface area (TPSA) is 106 Å². The van der Waals surface area contributed by atoms with Crippen LogP contribution in [0.4, 0.5) is 22.0 Å². The molecule has 0 radical (unpaired) electrons. The van der Waals surface area contributed by atoms with Crippen LogP contribution in [-0.4, -0.2) is 56.7 Å². The first kappa shape index (κ1) is 27.6. The van der Waals surface area contributed by atoms with Gasteiger partial charge in [0.15, 0.2) is 5.78 Å². The first-order chi connectivity index (χ1) is 17.8. The van der Waals surface area contributed by atoms with Crippen molar-refractivity contribution < 1.29 is 35.2 Å². The van der Waals surface area contributed by atoms with Crippen molar-refractivity contribution in [3.05, 3.63) is 65.9 Å². The molecule has 1 aliphatic rings. The Hall–Kier alpha value is -3.39. The lowest BCUT2D eigenvalue weighted by molar-refractivity contribution is -0.145. The van der Waals surface area contributed by atoms with Gasteiger partial charge in [0.1, 0.15) is 11.1 Å². The molecular weight excluding hydrogens is 533 g/mol. The summed E-state index contributed by atoms with van der Waals surface area (Å²) < 4.78 is 93.3. The van der Waals surface area contributed by atoms with E-state index in [9.17, 15) is 35.2 Å². The van der Waals surface area contributed by atoms with Gasteiger partial charge in [-0.15, -0.1) is 0 Å². The van der Waals surface area contributed by atoms with Gasteiger partial charge in [-0.3, -0.25) is 9.78 Å². The smallest absolute Gasteiger partial charge is 0.298 e. The maximum Gasteiger partial charge on any atom is 0.451 e. The number of sulfonamides is 1. The lowest BCUT2D eigenvalue weighted by atomic mass is 9.99. The van der Waals surface area contributed by atoms with Crippen molar-refractivity contribution in [3.8, 4) is 11.3 Å². The highest BCUT2D eigenvalue weighted by Gasteiger charge is 2.48. The number of alkyl halides is 4. The van der Waals surface area contributed by atoms with Gasteiger partial charge >= 0.3 is 6.18 Å². The average Bonchev–Trinajstić information content (AvgIpc) is 3.18. The van der Waals surface area contributed by atoms with E-state index in [2.05, 4.69) is 19.9 Å². The Bertz CT molecular complexity index is 1430. The van der Waals surface area contributed by atoms with Crippen LogP contribution in [0.15, 0.2) is 47.9 Å². The molecule has 4 rings (SSSR count). The molecule has 0 aliphatic carbocycles. The van der Waals surface area contributed by atoms with Gasteiger partial charge in [0.2, 0.25) is 21.8 Å². The zero-order chi connectivity index (χ0) is 27.8. The predicted octanol–water partition coefficient (Wildman–Crippen LogP) is 4.09. The van der Waals surface area contributed by atoms with E-state index >= 15 is 0 Å². The fraction of sp³-hybridized carbons (Fsp3) is 0.375. The number of hydrogen-bond acceptors (Lipinski definition) is 7. The van der Waals surface area contributed by atoms with Crippen LogP contribution in [0.5, 0.6) is 0 Å². The third kappa shape index (κ3) is 5.55. The molecule has 1 fully saturated rings. The molecule has 202 valence electrons. The van der Waals surface area contributed by atoms with Gasteiger partial charge in [0.25, 0.3) is 0 Å². The van der Waals surface area contributed by atoms with Crippen LogP contribution in [0.3, 0.4) is 0 Å². The lowest BCUT2D eigenvalue weighted by Crippen LogP contribution is -2.44. The SMILES string of the molecule is Cc1cnc(-c2cnc(C(F)(F)F)nc2)cc1CCC(=O)[C@@H]1C[C@@H](F)[C@H](C)N1S(=O)(=O)c1ccc(F)nc1. The Balaban J connectivity index is 1.53. The van der Waals surface area contributed by atoms with Crippen LogP contribution in [0.2, 0.25) is 0 Å². The number of rotatable bonds is 7. The quantitative estimate of drug-likeness (QED) is 0.319. The van der Waals surface area contributed by atoms with Crippen LogP contribution in [0, 0.1) is 12.9 Å². The average molecular weight is 556 g/mol. The van der Waals surface area contributed by atoms with E-state index in [1.54, 1.807) is 13.0 Å². The van der Waals surface area contributed by atoms with Gasteiger partial charge in [0.05, 0.1) is 24.0 Å². The van der Waals surface area contributed by atoms with Gasteiger partial charge in [-0.05, 0) is 49.6 Å². The summed E-state index contributed by atoms with van der Waals surface area (Å²) in [5, 5.41) is 0. The fourth-order valence-electron chi connectivity index (χ4n) is 4.28. The van der Waals surface area contributed by atoms with E-state index in [4.69, 9.17) is 0 Å². The Morgan fingerprint density at radius 3 is 2.37 bits per heavy atom. The van der Waals surface area contributed by atoms with Crippen LogP contribution < -0.4 is 0 Å². The van der Waals surface area contributed by atoms with E-state index in [0.717, 1.165) is 35.0 Å². The summed E-state index contributed by atoms with van der Waals surface area (Å²) in [5.74, 6) is -2.68. The predicted molar refractivity (Wildman–Crippen MR) is 124 cm³/mol. The van der Waals surface area contributed by atoms with Crippen molar-refractivity contribution in [2.45, 2.75) is 62.4 Å². The molecule has 3 aromatic heterocycles. The van der Waals surface area contributed by atoms with Crippen LogP contribution in [-0.2, 0) is 27.4 Å². The molecule has 0 N–H and O–H groups in total. The second-order valence-electron chi connectivity index (χ2n) is 8.92. The summed E-state index contributed by atoms with van der Waals surface area (Å²) in [4.78, 5) is 27.0. The highest BCUT2D eigenvalue weighted by Crippen LogP contribution is 2.34. The van der Waals surface area contributed by atoms with Crippen LogP contribution in [0.25, 0.3) is 11.3 Å². The molecule has 38 heavy (non-hydrogen) atoms. The van der Waals surface area contributed by atoms with Gasteiger partial charge in [-0.2, -0.15) is 21.9 Å². The number of ketones is 1. The molecule has 0 bridgehead atoms. The number of halogens is 5. The number of hydrogen-bond donors (Lipinski definition) is 0. The van der Waals surface area contributed by atoms with Crippen molar-refractivity contribution in [3.63, 3.8) is 0 Å². The molecule has 0 unspecified atom stereocenters. The Morgan fingerprint density at radius 2 is 1.76 bits per heavy atom. The van der Waals surface area contributed by atoms with Gasteiger partial charge in [0, 0.05) is 37.0 Å². The van der Waals surface area contributed by atoms with Crippen LogP contribution >= 0.6 is 0 Å². The number of pyridine rings is 2. The minimum Gasteiger partial charge on any atom is -0.298 e. The number of nitrogens with zero attached hydrogens (tertiary/aromatic N) is 5. The van der Waals surface area contributed by atoms with E-state index in [0.29, 0.717) is 11.1 Å². The van der Waals surface area contributed by atoms with Crippen molar-refractivity contribution in [1.82, 2.24) is 24.2 Å². The summed E-state index contributed by atoms with van der Waals surface area (Å²) in [7, 11) is -4.34. The summed E-state index contributed by atoms with van der Waals surface area (Å²) in [5.41, 5.74) is 1.86. The molecule has 8 nitrogen and oxygen atoms in total. The molecule has 1 aliphatic heterocycles. The summed E-state index contributed by atoms with van der Waals surface area (Å²) in [6, 6.07) is 1.07. The molecule has 0 amide bonds. The second-order valence-corrected chi connectivity index (χ2v) is 10.8. The number of aromatic nitrogens is 4. The Labute approximate surface area is 215 Å². The van der Waals surface area contributed by atoms with Gasteiger partial charge in [-0.25, -0.2) is 27.8 Å². The molecule has 14 heteroatoms. The normalized spacial score (nSPS) is 20.6. The molecule has 4 heterocycles. The van der Waals surface area contributed by atoms with Gasteiger partial charge < -0.3 is 0 Å². The third-order valence-corrected chi connectivity index (χ3v) is 8.36. The highest BCUT2D eigenvalue weighted by molar-refractivity contribution is 7.89. The largest absolute Gasteiger partial charge is 0.451 e. The molecule has 0 spiro atoms. The van der Waals surface area contributed by atoms with E-state index in [1.165, 1.54) is 13.1 Å². The summed E-state index contributed by atoms with van der Waals surface area (Å²) in [6.07, 6.45) is -2.28. The zero-order valence-electron chi connectivity index (χ0n) is 20.2. The minimum atomic E-state index is -4.68. The van der Waals surface area contributed by atoms with Gasteiger partial charge in [-0.1, -0.05) is 0 Å². The number of carbonyl (C=O) groups excluding carboxylic acids is 1. The van der Waals surface area contributed by atoms with E-state index < -0.39 is 52.0 Å². The van der Waals surface area contributed by atoms with E-state index in [-0.39, 0.29) is 35.4 Å². The minimum absolute atomic E-state index is 0.133. The highest BCUT2D eigenvalue weighted by atomic mass is 32.2. The summed E-state index contributed by atoms with van der Waals surface area (Å²) in [6.45, 7) is 3.09. The maximum absolute atomic E-state index is 14.6. The number of aryl methyl sites for hydroxylation is 2. The van der Waals surface area contributed by atoms with Crippen molar-refractivity contribution >= 4 is 15.8 Å². The van der Waals surface area contributed by atoms with Crippen molar-refractivity contribution in [1.29, 1.82) is 0 Å². The number of Topliss-reactive ketones (excluding diaryl/α,β-unsaturated/α-hetero) is 1. The summed E-state index contributed by atoms with van der Waals surface area (Å²) >= 11 is 0. The first-order valence-electron chi connectivity index (χ1n) is 11.5. The lowest BCUT2D eigenvalue weighted by Gasteiger charge is -2.26. The van der Waals surface area contributed by atoms with Crippen molar-refractivity contribution in [2.24, 2.45) is 0 Å². The molecule has 0 aromatic carbocycles. The molecule has 3 aromatic rings. The maximum atomic E-state index is 14.6. The third-order valence-electron chi connectivity index (χ3n) is 6.38. The number of carbonyl (C=O) groups is 1. The molecule has 3 atom stereocenters. The first-order valence-corrected chi connectivity index (χ1v) is 12.9. The Morgan fingerprint density at radius 1 is 1.08 bits per heavy atom. The van der Waals surface area contributed by atoms with E-state index in [1.807, 2.05) is 0 Å². The fourth-order valence-corrected chi connectivity index (χ4v) is 6.06. The Kier molecular flexibility index (Phi) is 7.57. The molecule has 0 saturated carbocycles. The molecular formula is C24H22F5N5O3S. The monoisotopic (exact) mass is 555 g/mol. The van der Waals surface area contributed by atoms with Crippen molar-refractivity contribution in [2.75, 3.05) is 0 Å². The van der Waals surface area contributed by atoms with Crippen LogP contribution in [0.1, 0.15) is 36.7 Å². The molecule has 1 saturated heterocycles. The zero-order valence-corrected chi connectivity index (χ0v) is 21.0. The standard InChI is InChI=1S/C24H22F5N5O3S/c1-13-9-30-19(16-10-32-23(33-11-16)24(27,28)29)7-15(13)3-5-21(35)20-8-18(25)14(2)34(20)38(36,37)17-4-6-22(26)31-12-17/h4,6-7,9-12,14,18,20H,3,5,8H2,1-2H3/t14-,18+,20-/m0/s1.